The largest absolute Gasteiger partial charge is 0.324 e. The fourth-order valence-electron chi connectivity index (χ4n) is 3.98. The summed E-state index contributed by atoms with van der Waals surface area (Å²) in [6.07, 6.45) is 5.04. The van der Waals surface area contributed by atoms with Crippen LogP contribution in [0.1, 0.15) is 31.2 Å². The molecule has 1 fully saturated rings. The molecule has 0 bridgehead atoms. The van der Waals surface area contributed by atoms with Crippen LogP contribution in [-0.4, -0.2) is 41.3 Å². The lowest BCUT2D eigenvalue weighted by atomic mass is 10.2. The normalized spacial score (nSPS) is 15.3. The number of sulfonamides is 1. The maximum Gasteiger partial charge on any atom is 0.261 e. The summed E-state index contributed by atoms with van der Waals surface area (Å²) >= 11 is 5.98. The van der Waals surface area contributed by atoms with Crippen LogP contribution in [0.15, 0.2) is 52.4 Å². The molecule has 0 atom stereocenters. The zero-order valence-electron chi connectivity index (χ0n) is 18.3. The number of aryl methyl sites for hydroxylation is 1. The Morgan fingerprint density at radius 2 is 1.82 bits per heavy atom. The third kappa shape index (κ3) is 5.10. The smallest absolute Gasteiger partial charge is 0.261 e. The number of fused-ring (bicyclic) bond motifs is 1. The topological polar surface area (TPSA) is 101 Å². The lowest BCUT2D eigenvalue weighted by Gasteiger charge is -2.21. The van der Waals surface area contributed by atoms with Crippen LogP contribution in [0.5, 0.6) is 0 Å². The fraction of sp³-hybridized carbons (Fsp3) is 0.348. The molecule has 1 aliphatic heterocycles. The third-order valence-electron chi connectivity index (χ3n) is 5.75. The summed E-state index contributed by atoms with van der Waals surface area (Å²) in [5.74, 6) is -0.470. The number of nitrogens with zero attached hydrogens (tertiary/aromatic N) is 3. The summed E-state index contributed by atoms with van der Waals surface area (Å²) in [7, 11) is -3.66. The summed E-state index contributed by atoms with van der Waals surface area (Å²) in [5.41, 5.74) is 1.07. The van der Waals surface area contributed by atoms with Crippen LogP contribution >= 0.6 is 11.6 Å². The van der Waals surface area contributed by atoms with E-state index < -0.39 is 15.9 Å². The molecular weight excluding hydrogens is 464 g/mol. The van der Waals surface area contributed by atoms with Crippen molar-refractivity contribution in [3.8, 4) is 0 Å². The van der Waals surface area contributed by atoms with Crippen LogP contribution in [0.4, 0.5) is 5.69 Å². The number of nitrogens with one attached hydrogen (secondary N) is 1. The summed E-state index contributed by atoms with van der Waals surface area (Å²) < 4.78 is 29.2. The molecule has 8 nitrogen and oxygen atoms in total. The van der Waals surface area contributed by atoms with E-state index in [1.165, 1.54) is 27.3 Å². The van der Waals surface area contributed by atoms with E-state index in [1.807, 2.05) is 0 Å². The summed E-state index contributed by atoms with van der Waals surface area (Å²) in [6, 6.07) is 9.60. The Hall–Kier alpha value is -2.75. The maximum absolute atomic E-state index is 13.2. The van der Waals surface area contributed by atoms with Gasteiger partial charge in [-0.3, -0.25) is 14.2 Å². The SMILES string of the molecule is Cc1ccc(NC(=O)Cn2cnc3ccc(Cl)cc3c2=O)cc1S(=O)(=O)N1CCCCCC1. The highest BCUT2D eigenvalue weighted by molar-refractivity contribution is 7.89. The van der Waals surface area contributed by atoms with Crippen LogP contribution < -0.4 is 10.9 Å². The standard InChI is InChI=1S/C23H25ClN4O4S/c1-16-6-8-18(13-21(16)33(31,32)28-10-4-2-3-5-11-28)26-22(29)14-27-15-25-20-9-7-17(24)12-19(20)23(27)30/h6-9,12-13,15H,2-5,10-11,14H2,1H3,(H,26,29). The van der Waals surface area contributed by atoms with Gasteiger partial charge in [0.05, 0.1) is 22.1 Å². The molecule has 0 unspecified atom stereocenters. The maximum atomic E-state index is 13.2. The number of benzene rings is 2. The average molecular weight is 489 g/mol. The van der Waals surface area contributed by atoms with E-state index in [0.717, 1.165) is 25.7 Å². The van der Waals surface area contributed by atoms with Crippen LogP contribution in [0.2, 0.25) is 5.02 Å². The van der Waals surface area contributed by atoms with Crippen molar-refractivity contribution in [2.75, 3.05) is 18.4 Å². The highest BCUT2D eigenvalue weighted by Gasteiger charge is 2.27. The molecule has 174 valence electrons. The number of amides is 1. The van der Waals surface area contributed by atoms with Crippen LogP contribution in [-0.2, 0) is 21.4 Å². The highest BCUT2D eigenvalue weighted by Crippen LogP contribution is 2.26. The second-order valence-corrected chi connectivity index (χ2v) is 10.5. The Kier molecular flexibility index (Phi) is 6.83. The van der Waals surface area contributed by atoms with Crippen LogP contribution in [0, 0.1) is 6.92 Å². The highest BCUT2D eigenvalue weighted by atomic mass is 35.5. The minimum atomic E-state index is -3.66. The van der Waals surface area contributed by atoms with Crippen LogP contribution in [0.25, 0.3) is 10.9 Å². The first-order chi connectivity index (χ1) is 15.8. The number of carbonyl (C=O) groups excluding carboxylic acids is 1. The molecule has 2 heterocycles. The molecule has 1 aliphatic rings. The van der Waals surface area contributed by atoms with Gasteiger partial charge in [-0.25, -0.2) is 13.4 Å². The summed E-state index contributed by atoms with van der Waals surface area (Å²) in [5, 5.41) is 3.42. The number of aromatic nitrogens is 2. The van der Waals surface area contributed by atoms with Crippen molar-refractivity contribution >= 4 is 44.1 Å². The van der Waals surface area contributed by atoms with Gasteiger partial charge >= 0.3 is 0 Å². The van der Waals surface area contributed by atoms with E-state index in [9.17, 15) is 18.0 Å². The van der Waals surface area contributed by atoms with Gasteiger partial charge in [0.1, 0.15) is 6.54 Å². The van der Waals surface area contributed by atoms with E-state index in [4.69, 9.17) is 11.6 Å². The Morgan fingerprint density at radius 3 is 2.55 bits per heavy atom. The molecule has 2 aromatic carbocycles. The lowest BCUT2D eigenvalue weighted by Crippen LogP contribution is -2.32. The molecule has 0 spiro atoms. The van der Waals surface area contributed by atoms with Crippen molar-refractivity contribution in [3.05, 3.63) is 63.7 Å². The Bertz CT molecular complexity index is 1360. The van der Waals surface area contributed by atoms with E-state index >= 15 is 0 Å². The molecule has 3 aromatic rings. The Balaban J connectivity index is 1.55. The zero-order valence-corrected chi connectivity index (χ0v) is 19.8. The predicted molar refractivity (Wildman–Crippen MR) is 128 cm³/mol. The fourth-order valence-corrected chi connectivity index (χ4v) is 5.92. The molecule has 10 heteroatoms. The van der Waals surface area contributed by atoms with Gasteiger partial charge < -0.3 is 5.32 Å². The summed E-state index contributed by atoms with van der Waals surface area (Å²) in [6.45, 7) is 2.47. The molecule has 0 aliphatic carbocycles. The van der Waals surface area contributed by atoms with Crippen molar-refractivity contribution in [1.29, 1.82) is 0 Å². The number of hydrogen-bond donors (Lipinski definition) is 1. The van der Waals surface area contributed by atoms with E-state index in [0.29, 0.717) is 40.3 Å². The molecule has 0 radical (unpaired) electrons. The van der Waals surface area contributed by atoms with E-state index in [1.54, 1.807) is 31.2 Å². The molecular formula is C23H25ClN4O4S. The van der Waals surface area contributed by atoms with Gasteiger partial charge in [-0.2, -0.15) is 4.31 Å². The number of anilines is 1. The number of rotatable bonds is 5. The number of carbonyl (C=O) groups is 1. The van der Waals surface area contributed by atoms with Crippen molar-refractivity contribution in [1.82, 2.24) is 13.9 Å². The van der Waals surface area contributed by atoms with Gasteiger partial charge in [-0.15, -0.1) is 0 Å². The second kappa shape index (κ2) is 9.62. The van der Waals surface area contributed by atoms with Gasteiger partial charge in [0.15, 0.2) is 0 Å². The quantitative estimate of drug-likeness (QED) is 0.591. The Labute approximate surface area is 197 Å². The van der Waals surface area contributed by atoms with Crippen molar-refractivity contribution in [2.24, 2.45) is 0 Å². The van der Waals surface area contributed by atoms with Crippen molar-refractivity contribution < 1.29 is 13.2 Å². The summed E-state index contributed by atoms with van der Waals surface area (Å²) in [4.78, 5) is 29.7. The minimum Gasteiger partial charge on any atom is -0.324 e. The molecule has 0 saturated carbocycles. The van der Waals surface area contributed by atoms with Gasteiger partial charge in [0, 0.05) is 23.8 Å². The third-order valence-corrected chi connectivity index (χ3v) is 8.03. The first-order valence-corrected chi connectivity index (χ1v) is 12.6. The zero-order chi connectivity index (χ0) is 23.6. The molecule has 4 rings (SSSR count). The average Bonchev–Trinajstić information content (AvgIpc) is 3.07. The number of halogens is 1. The second-order valence-electron chi connectivity index (χ2n) is 8.19. The first kappa shape index (κ1) is 23.4. The van der Waals surface area contributed by atoms with Gasteiger partial charge in [0.2, 0.25) is 15.9 Å². The van der Waals surface area contributed by atoms with Crippen LogP contribution in [0.3, 0.4) is 0 Å². The predicted octanol–water partition coefficient (Wildman–Crippen LogP) is 3.56. The molecule has 1 saturated heterocycles. The number of hydrogen-bond acceptors (Lipinski definition) is 5. The van der Waals surface area contributed by atoms with Crippen molar-refractivity contribution in [3.63, 3.8) is 0 Å². The van der Waals surface area contributed by atoms with E-state index in [2.05, 4.69) is 10.3 Å². The monoisotopic (exact) mass is 488 g/mol. The molecule has 1 aromatic heterocycles. The molecule has 1 amide bonds. The van der Waals surface area contributed by atoms with Gasteiger partial charge in [0.25, 0.3) is 5.56 Å². The lowest BCUT2D eigenvalue weighted by molar-refractivity contribution is -0.116. The minimum absolute atomic E-state index is 0.182. The Morgan fingerprint density at radius 1 is 1.09 bits per heavy atom. The van der Waals surface area contributed by atoms with Gasteiger partial charge in [-0.1, -0.05) is 30.5 Å². The van der Waals surface area contributed by atoms with Gasteiger partial charge in [-0.05, 0) is 55.7 Å². The van der Waals surface area contributed by atoms with E-state index in [-0.39, 0.29) is 17.0 Å². The van der Waals surface area contributed by atoms with Crippen molar-refractivity contribution in [2.45, 2.75) is 44.0 Å². The first-order valence-electron chi connectivity index (χ1n) is 10.8. The molecule has 1 N–H and O–H groups in total. The molecule has 33 heavy (non-hydrogen) atoms.